The number of carbonyl (C=O) groups is 4. The van der Waals surface area contributed by atoms with Gasteiger partial charge in [0.1, 0.15) is 6.04 Å². The third-order valence-corrected chi connectivity index (χ3v) is 10.7. The van der Waals surface area contributed by atoms with Gasteiger partial charge in [0, 0.05) is 34.4 Å². The Bertz CT molecular complexity index is 1060. The summed E-state index contributed by atoms with van der Waals surface area (Å²) in [7, 11) is 4.93. The first-order valence-electron chi connectivity index (χ1n) is 17.8. The number of likely N-dealkylation sites (tertiary alicyclic amines) is 2. The normalized spacial score (nSPS) is 22.6. The van der Waals surface area contributed by atoms with Gasteiger partial charge >= 0.3 is 7.12 Å². The molecular formula is C34H64BN5O8. The lowest BCUT2D eigenvalue weighted by atomic mass is 9.77. The second-order valence-electron chi connectivity index (χ2n) is 14.5. The molecule has 2 aliphatic heterocycles. The minimum absolute atomic E-state index is 0.0186. The van der Waals surface area contributed by atoms with Crippen LogP contribution < -0.4 is 10.6 Å². The number of rotatable bonds is 18. The highest BCUT2D eigenvalue weighted by atomic mass is 16.5. The molecule has 13 nitrogen and oxygen atoms in total. The second-order valence-corrected chi connectivity index (χ2v) is 14.5. The van der Waals surface area contributed by atoms with Crippen molar-refractivity contribution in [2.45, 2.75) is 129 Å². The van der Waals surface area contributed by atoms with E-state index in [0.717, 1.165) is 12.8 Å². The zero-order chi connectivity index (χ0) is 36.5. The van der Waals surface area contributed by atoms with Crippen molar-refractivity contribution in [1.82, 2.24) is 25.3 Å². The van der Waals surface area contributed by atoms with E-state index in [4.69, 9.17) is 9.47 Å². The van der Waals surface area contributed by atoms with E-state index in [2.05, 4.69) is 10.6 Å². The Labute approximate surface area is 289 Å². The third-order valence-electron chi connectivity index (χ3n) is 10.7. The molecule has 4 N–H and O–H groups in total. The topological polar surface area (TPSA) is 161 Å². The van der Waals surface area contributed by atoms with Crippen molar-refractivity contribution in [3.05, 3.63) is 0 Å². The molecule has 0 aromatic rings. The highest BCUT2D eigenvalue weighted by molar-refractivity contribution is 6.43. The van der Waals surface area contributed by atoms with Crippen LogP contribution in [0.15, 0.2) is 0 Å². The maximum Gasteiger partial charge on any atom is 0.475 e. The third kappa shape index (κ3) is 9.92. The van der Waals surface area contributed by atoms with E-state index in [0.29, 0.717) is 32.4 Å². The molecule has 2 heterocycles. The first-order valence-corrected chi connectivity index (χ1v) is 17.8. The van der Waals surface area contributed by atoms with E-state index >= 15 is 0 Å². The van der Waals surface area contributed by atoms with Crippen molar-refractivity contribution in [3.8, 4) is 0 Å². The maximum absolute atomic E-state index is 14.1. The van der Waals surface area contributed by atoms with Gasteiger partial charge in [-0.3, -0.25) is 19.2 Å². The Morgan fingerprint density at radius 1 is 0.917 bits per heavy atom. The summed E-state index contributed by atoms with van der Waals surface area (Å²) >= 11 is 0. The van der Waals surface area contributed by atoms with Crippen LogP contribution in [0.1, 0.15) is 87.0 Å². The second kappa shape index (κ2) is 19.2. The first kappa shape index (κ1) is 41.9. The van der Waals surface area contributed by atoms with Crippen molar-refractivity contribution >= 4 is 30.7 Å². The van der Waals surface area contributed by atoms with Crippen molar-refractivity contribution in [2.24, 2.45) is 23.7 Å². The van der Waals surface area contributed by atoms with Crippen LogP contribution in [0.2, 0.25) is 0 Å². The minimum Gasteiger partial charge on any atom is -0.426 e. The largest absolute Gasteiger partial charge is 0.475 e. The summed E-state index contributed by atoms with van der Waals surface area (Å²) in [6, 6.07) is -2.00. The first-order chi connectivity index (χ1) is 22.6. The fraction of sp³-hybridized carbons (Fsp3) is 0.882. The van der Waals surface area contributed by atoms with Crippen LogP contribution in [-0.4, -0.2) is 139 Å². The quantitative estimate of drug-likeness (QED) is 0.156. The fourth-order valence-corrected chi connectivity index (χ4v) is 7.68. The number of likely N-dealkylation sites (N-methyl/N-ethyl adjacent to an activating group) is 2. The lowest BCUT2D eigenvalue weighted by Crippen LogP contribution is -2.59. The molecular weight excluding hydrogens is 617 g/mol. The monoisotopic (exact) mass is 681 g/mol. The highest BCUT2D eigenvalue weighted by Crippen LogP contribution is 2.31. The van der Waals surface area contributed by atoms with Gasteiger partial charge in [-0.15, -0.1) is 0 Å². The number of hydrogen-bond donors (Lipinski definition) is 4. The Morgan fingerprint density at radius 3 is 2.00 bits per heavy atom. The van der Waals surface area contributed by atoms with E-state index in [1.807, 2.05) is 41.5 Å². The smallest absolute Gasteiger partial charge is 0.426 e. The highest BCUT2D eigenvalue weighted by Gasteiger charge is 2.45. The SMILES string of the molecule is CC[C@H](C)[C@@H]([C@@H](CC(=O)N1CCC[C@H]1[C@H](OC)[C@@H](C)C(=O)N1CCC[C@H]1B(O)O)OC)N(C)C(=O)[C@@H](NC(=O)C(NC)C(C)C)C(C)C. The number of amides is 4. The molecule has 2 saturated heterocycles. The summed E-state index contributed by atoms with van der Waals surface area (Å²) in [6.07, 6.45) is 2.19. The molecule has 0 aromatic heterocycles. The van der Waals surface area contributed by atoms with Gasteiger partial charge < -0.3 is 44.9 Å². The van der Waals surface area contributed by atoms with Gasteiger partial charge in [-0.2, -0.15) is 0 Å². The van der Waals surface area contributed by atoms with Crippen LogP contribution in [0.4, 0.5) is 0 Å². The molecule has 0 bridgehead atoms. The van der Waals surface area contributed by atoms with Gasteiger partial charge in [-0.1, -0.05) is 54.9 Å². The van der Waals surface area contributed by atoms with Gasteiger partial charge in [-0.05, 0) is 50.5 Å². The van der Waals surface area contributed by atoms with Crippen LogP contribution >= 0.6 is 0 Å². The summed E-state index contributed by atoms with van der Waals surface area (Å²) in [5, 5.41) is 25.7. The number of carbonyl (C=O) groups excluding carboxylic acids is 4. The minimum atomic E-state index is -1.61. The molecule has 0 aromatic carbocycles. The lowest BCUT2D eigenvalue weighted by molar-refractivity contribution is -0.149. The van der Waals surface area contributed by atoms with E-state index in [9.17, 15) is 29.2 Å². The van der Waals surface area contributed by atoms with Crippen LogP contribution in [-0.2, 0) is 28.7 Å². The molecule has 2 rings (SSSR count). The molecule has 2 aliphatic rings. The fourth-order valence-electron chi connectivity index (χ4n) is 7.68. The molecule has 1 unspecified atom stereocenters. The average Bonchev–Trinajstić information content (AvgIpc) is 3.73. The molecule has 14 heteroatoms. The maximum atomic E-state index is 14.1. The predicted molar refractivity (Wildman–Crippen MR) is 186 cm³/mol. The molecule has 9 atom stereocenters. The Morgan fingerprint density at radius 2 is 1.50 bits per heavy atom. The van der Waals surface area contributed by atoms with Crippen molar-refractivity contribution in [1.29, 1.82) is 0 Å². The molecule has 48 heavy (non-hydrogen) atoms. The summed E-state index contributed by atoms with van der Waals surface area (Å²) in [6.45, 7) is 14.5. The molecule has 0 radical (unpaired) electrons. The summed E-state index contributed by atoms with van der Waals surface area (Å²) in [5.41, 5.74) is 0. The van der Waals surface area contributed by atoms with Crippen LogP contribution in [0.5, 0.6) is 0 Å². The van der Waals surface area contributed by atoms with Crippen molar-refractivity contribution in [3.63, 3.8) is 0 Å². The Balaban J connectivity index is 2.28. The van der Waals surface area contributed by atoms with Gasteiger partial charge in [0.25, 0.3) is 0 Å². The van der Waals surface area contributed by atoms with Gasteiger partial charge in [-0.25, -0.2) is 0 Å². The van der Waals surface area contributed by atoms with Crippen molar-refractivity contribution < 1.29 is 38.7 Å². The zero-order valence-corrected chi connectivity index (χ0v) is 31.3. The van der Waals surface area contributed by atoms with Crippen LogP contribution in [0.3, 0.4) is 0 Å². The number of nitrogens with zero attached hydrogens (tertiary/aromatic N) is 3. The van der Waals surface area contributed by atoms with Gasteiger partial charge in [0.05, 0.1) is 48.6 Å². The standard InChI is InChI=1S/C34H64BN5O8/c1-12-22(6)30(38(9)34(44)29(21(4)5)37-32(42)28(36-8)20(2)3)25(47-10)19-27(41)39-17-13-15-24(39)31(48-11)23(7)33(43)40-18-14-16-26(40)35(45)46/h20-26,28-31,36,45-46H,12-19H2,1-11H3,(H,37,42)/t22-,23+,24-,25+,26-,28?,29-,30-,31+/m0/s1. The molecule has 2 fully saturated rings. The van der Waals surface area contributed by atoms with Gasteiger partial charge in [0.2, 0.25) is 23.6 Å². The molecule has 0 saturated carbocycles. The predicted octanol–water partition coefficient (Wildman–Crippen LogP) is 1.29. The average molecular weight is 682 g/mol. The van der Waals surface area contributed by atoms with E-state index < -0.39 is 49.3 Å². The van der Waals surface area contributed by atoms with E-state index in [1.54, 1.807) is 45.0 Å². The molecule has 0 spiro atoms. The number of nitrogens with one attached hydrogen (secondary N) is 2. The van der Waals surface area contributed by atoms with E-state index in [-0.39, 0.29) is 53.8 Å². The summed E-state index contributed by atoms with van der Waals surface area (Å²) in [4.78, 5) is 59.8. The number of methoxy groups -OCH3 is 2. The molecule has 0 aliphatic carbocycles. The van der Waals surface area contributed by atoms with Crippen LogP contribution in [0, 0.1) is 23.7 Å². The Hall–Kier alpha value is -2.26. The Kier molecular flexibility index (Phi) is 16.8. The van der Waals surface area contributed by atoms with Crippen LogP contribution in [0.25, 0.3) is 0 Å². The van der Waals surface area contributed by atoms with E-state index in [1.165, 1.54) is 4.90 Å². The summed E-state index contributed by atoms with van der Waals surface area (Å²) < 4.78 is 11.9. The number of ether oxygens (including phenoxy) is 2. The summed E-state index contributed by atoms with van der Waals surface area (Å²) in [5.74, 6) is -2.26. The number of hydrogen-bond acceptors (Lipinski definition) is 9. The zero-order valence-electron chi connectivity index (χ0n) is 31.3. The molecule has 276 valence electrons. The van der Waals surface area contributed by atoms with Crippen molar-refractivity contribution in [2.75, 3.05) is 41.4 Å². The van der Waals surface area contributed by atoms with Gasteiger partial charge in [0.15, 0.2) is 0 Å². The molecule has 4 amide bonds. The lowest BCUT2D eigenvalue weighted by Gasteiger charge is -2.41.